The molecule has 2 atom stereocenters. The summed E-state index contributed by atoms with van der Waals surface area (Å²) in [5.74, 6) is 1.34. The van der Waals surface area contributed by atoms with Crippen LogP contribution in [0.4, 0.5) is 4.79 Å². The van der Waals surface area contributed by atoms with Gasteiger partial charge in [-0.3, -0.25) is 4.79 Å². The summed E-state index contributed by atoms with van der Waals surface area (Å²) in [6.07, 6.45) is 20.2. The lowest BCUT2D eigenvalue weighted by Crippen LogP contribution is -2.46. The Morgan fingerprint density at radius 1 is 1.03 bits per heavy atom. The van der Waals surface area contributed by atoms with Gasteiger partial charge in [0.25, 0.3) is 0 Å². The van der Waals surface area contributed by atoms with E-state index in [9.17, 15) is 9.59 Å². The number of nitrogens with two attached hydrogens (primary N) is 1. The lowest BCUT2D eigenvalue weighted by atomic mass is 9.72. The largest absolute Gasteiger partial charge is 0.383 e. The minimum Gasteiger partial charge on any atom is -0.383 e. The summed E-state index contributed by atoms with van der Waals surface area (Å²) in [6.45, 7) is 2.90. The van der Waals surface area contributed by atoms with E-state index in [0.717, 1.165) is 54.7 Å². The van der Waals surface area contributed by atoms with Gasteiger partial charge in [0.2, 0.25) is 5.91 Å². The van der Waals surface area contributed by atoms with Crippen LogP contribution in [0.25, 0.3) is 0 Å². The Balaban J connectivity index is 1.27. The number of allylic oxidation sites excluding steroid dienone is 8. The van der Waals surface area contributed by atoms with Crippen molar-refractivity contribution in [3.63, 3.8) is 0 Å². The van der Waals surface area contributed by atoms with Crippen molar-refractivity contribution in [2.45, 2.75) is 44.6 Å². The number of urea groups is 1. The van der Waals surface area contributed by atoms with Crippen LogP contribution in [0.3, 0.4) is 0 Å². The number of fused-ring (bicyclic) bond motifs is 1. The van der Waals surface area contributed by atoms with E-state index < -0.39 is 0 Å². The molecule has 3 N–H and O–H groups in total. The number of carbonyl (C=O) groups excluding carboxylic acids is 2. The zero-order valence-corrected chi connectivity index (χ0v) is 22.8. The van der Waals surface area contributed by atoms with Gasteiger partial charge in [0.1, 0.15) is 0 Å². The maximum absolute atomic E-state index is 13.1. The summed E-state index contributed by atoms with van der Waals surface area (Å²) in [5.41, 5.74) is 9.18. The van der Waals surface area contributed by atoms with Crippen LogP contribution >= 0.6 is 27.5 Å². The highest BCUT2D eigenvalue weighted by atomic mass is 79.9. The molecule has 0 spiro atoms. The highest BCUT2D eigenvalue weighted by Gasteiger charge is 2.38. The standard InChI is InChI=1S/C28H34BrClN4O2/c29-22-15-21-5-4-20-16-23(30)2-1-3-24(20)26(27(21)32-17-22)19-8-12-33(13-9-19)25(35)14-18-6-10-34(11-7-18)28(31)36/h1,3-5,15-19,26-27,32H,2,6-14H2,(H2,31,36). The Kier molecular flexibility index (Phi) is 7.77. The quantitative estimate of drug-likeness (QED) is 0.493. The number of hydrogen-bond acceptors (Lipinski definition) is 3. The summed E-state index contributed by atoms with van der Waals surface area (Å²) >= 11 is 10.1. The van der Waals surface area contributed by atoms with E-state index in [-0.39, 0.29) is 18.0 Å². The fourth-order valence-electron chi connectivity index (χ4n) is 6.31. The van der Waals surface area contributed by atoms with Crippen molar-refractivity contribution < 1.29 is 9.59 Å². The minimum atomic E-state index is -0.358. The molecule has 3 heterocycles. The van der Waals surface area contributed by atoms with Gasteiger partial charge < -0.3 is 20.9 Å². The van der Waals surface area contributed by atoms with Gasteiger partial charge in [-0.15, -0.1) is 0 Å². The average molecular weight is 574 g/mol. The molecule has 36 heavy (non-hydrogen) atoms. The minimum absolute atomic E-state index is 0.188. The van der Waals surface area contributed by atoms with Crippen LogP contribution in [-0.2, 0) is 4.79 Å². The van der Waals surface area contributed by atoms with Crippen molar-refractivity contribution >= 4 is 39.5 Å². The smallest absolute Gasteiger partial charge is 0.314 e. The van der Waals surface area contributed by atoms with Crippen LogP contribution < -0.4 is 11.1 Å². The van der Waals surface area contributed by atoms with Gasteiger partial charge in [-0.05, 0) is 82.3 Å². The topological polar surface area (TPSA) is 78.7 Å². The van der Waals surface area contributed by atoms with Crippen molar-refractivity contribution in [3.05, 3.63) is 68.9 Å². The third-order valence-corrected chi connectivity index (χ3v) is 9.00. The highest BCUT2D eigenvalue weighted by Crippen LogP contribution is 2.42. The van der Waals surface area contributed by atoms with E-state index in [1.54, 1.807) is 4.90 Å². The Morgan fingerprint density at radius 3 is 2.47 bits per heavy atom. The Hall–Kier alpha value is -2.25. The molecule has 5 rings (SSSR count). The van der Waals surface area contributed by atoms with Gasteiger partial charge in [-0.1, -0.05) is 35.9 Å². The summed E-state index contributed by atoms with van der Waals surface area (Å²) < 4.78 is 1.04. The number of likely N-dealkylation sites (tertiary alicyclic amines) is 2. The Labute approximate surface area is 226 Å². The number of piperidine rings is 2. The molecule has 3 aliphatic heterocycles. The zero-order chi connectivity index (χ0) is 25.2. The second-order valence-corrected chi connectivity index (χ2v) is 11.9. The Bertz CT molecular complexity index is 1090. The normalized spacial score (nSPS) is 27.2. The molecule has 0 aromatic rings. The summed E-state index contributed by atoms with van der Waals surface area (Å²) in [7, 11) is 0. The fraction of sp³-hybridized carbons (Fsp3) is 0.500. The van der Waals surface area contributed by atoms with Gasteiger partial charge in [-0.25, -0.2) is 4.79 Å². The molecule has 2 unspecified atom stereocenters. The highest BCUT2D eigenvalue weighted by molar-refractivity contribution is 9.11. The zero-order valence-electron chi connectivity index (χ0n) is 20.5. The first-order chi connectivity index (χ1) is 17.4. The second-order valence-electron chi connectivity index (χ2n) is 10.5. The molecule has 0 saturated carbocycles. The molecule has 0 radical (unpaired) electrons. The van der Waals surface area contributed by atoms with Crippen LogP contribution in [0.5, 0.6) is 0 Å². The van der Waals surface area contributed by atoms with Crippen molar-refractivity contribution in [1.29, 1.82) is 0 Å². The first kappa shape index (κ1) is 25.4. The van der Waals surface area contributed by atoms with Gasteiger partial charge in [0, 0.05) is 60.7 Å². The van der Waals surface area contributed by atoms with Crippen molar-refractivity contribution in [3.8, 4) is 0 Å². The monoisotopic (exact) mass is 572 g/mol. The second kappa shape index (κ2) is 11.0. The molecule has 3 amide bonds. The molecule has 6 nitrogen and oxygen atoms in total. The third-order valence-electron chi connectivity index (χ3n) is 8.28. The molecule has 8 heteroatoms. The maximum Gasteiger partial charge on any atom is 0.314 e. The van der Waals surface area contributed by atoms with E-state index in [2.05, 4.69) is 62.6 Å². The molecule has 0 bridgehead atoms. The maximum atomic E-state index is 13.1. The number of rotatable bonds is 3. The lowest BCUT2D eigenvalue weighted by molar-refractivity contribution is -0.134. The van der Waals surface area contributed by atoms with E-state index in [0.29, 0.717) is 37.3 Å². The molecular weight excluding hydrogens is 540 g/mol. The van der Waals surface area contributed by atoms with E-state index in [1.807, 2.05) is 6.20 Å². The molecule has 2 fully saturated rings. The number of hydrogen-bond donors (Lipinski definition) is 2. The molecule has 2 aliphatic carbocycles. The summed E-state index contributed by atoms with van der Waals surface area (Å²) in [4.78, 5) is 28.2. The fourth-order valence-corrected chi connectivity index (χ4v) is 6.91. The number of nitrogens with one attached hydrogen (secondary N) is 1. The molecule has 2 saturated heterocycles. The van der Waals surface area contributed by atoms with Crippen LogP contribution in [0.1, 0.15) is 38.5 Å². The van der Waals surface area contributed by atoms with Gasteiger partial charge in [0.15, 0.2) is 0 Å². The number of nitrogens with zero attached hydrogens (tertiary/aromatic N) is 2. The molecule has 0 aromatic carbocycles. The predicted octanol–water partition coefficient (Wildman–Crippen LogP) is 5.11. The van der Waals surface area contributed by atoms with E-state index in [1.165, 1.54) is 16.7 Å². The molecular formula is C28H34BrClN4O2. The number of amides is 3. The van der Waals surface area contributed by atoms with Crippen molar-refractivity contribution in [2.24, 2.45) is 23.5 Å². The van der Waals surface area contributed by atoms with Gasteiger partial charge >= 0.3 is 6.03 Å². The van der Waals surface area contributed by atoms with Gasteiger partial charge in [-0.2, -0.15) is 0 Å². The first-order valence-electron chi connectivity index (χ1n) is 13.0. The van der Waals surface area contributed by atoms with Crippen LogP contribution in [0, 0.1) is 17.8 Å². The third kappa shape index (κ3) is 5.52. The SMILES string of the molecule is NC(=O)N1CCC(CC(=O)N2CCC(C3C4=C(C=CC5=CC(Br)=CNC53)C=C(Cl)CC=C4)CC2)CC1. The Morgan fingerprint density at radius 2 is 1.75 bits per heavy atom. The summed E-state index contributed by atoms with van der Waals surface area (Å²) in [5, 5.41) is 4.51. The molecule has 0 aromatic heterocycles. The van der Waals surface area contributed by atoms with Crippen molar-refractivity contribution in [2.75, 3.05) is 26.2 Å². The number of halogens is 2. The van der Waals surface area contributed by atoms with E-state index in [4.69, 9.17) is 17.3 Å². The first-order valence-corrected chi connectivity index (χ1v) is 14.2. The molecule has 192 valence electrons. The van der Waals surface area contributed by atoms with Crippen LogP contribution in [-0.4, -0.2) is 54.0 Å². The van der Waals surface area contributed by atoms with Crippen molar-refractivity contribution in [1.82, 2.24) is 15.1 Å². The lowest BCUT2D eigenvalue weighted by Gasteiger charge is -2.41. The van der Waals surface area contributed by atoms with Crippen LogP contribution in [0.15, 0.2) is 68.9 Å². The van der Waals surface area contributed by atoms with Gasteiger partial charge in [0.05, 0.1) is 6.04 Å². The van der Waals surface area contributed by atoms with E-state index >= 15 is 0 Å². The van der Waals surface area contributed by atoms with Crippen LogP contribution in [0.2, 0.25) is 0 Å². The number of dihydropyridines is 1. The molecule has 5 aliphatic rings. The number of carbonyl (C=O) groups is 2. The predicted molar refractivity (Wildman–Crippen MR) is 147 cm³/mol. The number of primary amides is 1. The average Bonchev–Trinajstić information content (AvgIpc) is 3.13. The summed E-state index contributed by atoms with van der Waals surface area (Å²) in [6, 6.07) is -0.170.